The first-order valence-corrected chi connectivity index (χ1v) is 4.26. The van der Waals surface area contributed by atoms with E-state index in [-0.39, 0.29) is 18.8 Å². The van der Waals surface area contributed by atoms with Gasteiger partial charge in [0.1, 0.15) is 0 Å². The van der Waals surface area contributed by atoms with Gasteiger partial charge in [0, 0.05) is 6.42 Å². The van der Waals surface area contributed by atoms with Crippen molar-refractivity contribution in [3.8, 4) is 0 Å². The van der Waals surface area contributed by atoms with Crippen LogP contribution in [0.1, 0.15) is 33.6 Å². The molecule has 0 amide bonds. The molecule has 4 nitrogen and oxygen atoms in total. The van der Waals surface area contributed by atoms with Crippen LogP contribution in [0.5, 0.6) is 0 Å². The van der Waals surface area contributed by atoms with Crippen LogP contribution < -0.4 is 0 Å². The molecule has 76 valence electrons. The van der Waals surface area contributed by atoms with Crippen LogP contribution in [-0.4, -0.2) is 22.2 Å². The summed E-state index contributed by atoms with van der Waals surface area (Å²) in [6, 6.07) is 0. The molecule has 0 unspecified atom stereocenters. The van der Waals surface area contributed by atoms with E-state index in [2.05, 4.69) is 0 Å². The van der Waals surface area contributed by atoms with E-state index in [0.29, 0.717) is 0 Å². The second-order valence-corrected chi connectivity index (χ2v) is 3.77. The third kappa shape index (κ3) is 3.05. The Bertz CT molecular complexity index is 210. The molecule has 13 heavy (non-hydrogen) atoms. The zero-order valence-corrected chi connectivity index (χ0v) is 8.20. The molecule has 0 aromatic heterocycles. The molecule has 0 aromatic rings. The van der Waals surface area contributed by atoms with Gasteiger partial charge < -0.3 is 10.2 Å². The summed E-state index contributed by atoms with van der Waals surface area (Å²) >= 11 is 0. The molecule has 0 saturated heterocycles. The zero-order chi connectivity index (χ0) is 10.6. The van der Waals surface area contributed by atoms with Gasteiger partial charge in [0.05, 0.1) is 5.41 Å². The lowest BCUT2D eigenvalue weighted by Crippen LogP contribution is -2.33. The normalized spacial score (nSPS) is 15.4. The number of hydrogen-bond acceptors (Lipinski definition) is 2. The summed E-state index contributed by atoms with van der Waals surface area (Å²) in [6.07, 6.45) is 0.0797. The van der Waals surface area contributed by atoms with E-state index in [9.17, 15) is 9.59 Å². The maximum absolute atomic E-state index is 10.9. The van der Waals surface area contributed by atoms with E-state index in [1.807, 2.05) is 0 Å². The van der Waals surface area contributed by atoms with E-state index in [1.54, 1.807) is 20.8 Å². The minimum absolute atomic E-state index is 0.0654. The van der Waals surface area contributed by atoms with Crippen LogP contribution in [-0.2, 0) is 9.59 Å². The summed E-state index contributed by atoms with van der Waals surface area (Å²) in [5, 5.41) is 17.4. The Morgan fingerprint density at radius 3 is 2.00 bits per heavy atom. The van der Waals surface area contributed by atoms with Crippen LogP contribution in [0.15, 0.2) is 0 Å². The largest absolute Gasteiger partial charge is 0.481 e. The summed E-state index contributed by atoms with van der Waals surface area (Å²) < 4.78 is 0. The fraction of sp³-hybridized carbons (Fsp3) is 0.778. The van der Waals surface area contributed by atoms with Gasteiger partial charge in [-0.25, -0.2) is 0 Å². The lowest BCUT2D eigenvalue weighted by atomic mass is 9.75. The Kier molecular flexibility index (Phi) is 3.91. The molecule has 2 N–H and O–H groups in total. The standard InChI is InChI=1S/C9H16O4/c1-6(2)9(3,8(12)13)5-4-7(10)11/h6H,4-5H2,1-3H3,(H,10,11)(H,12,13)/t9-/m1/s1. The van der Waals surface area contributed by atoms with Gasteiger partial charge in [-0.15, -0.1) is 0 Å². The molecule has 0 aliphatic heterocycles. The Hall–Kier alpha value is -1.06. The van der Waals surface area contributed by atoms with Gasteiger partial charge in [0.2, 0.25) is 0 Å². The van der Waals surface area contributed by atoms with Gasteiger partial charge in [0.25, 0.3) is 0 Å². The van der Waals surface area contributed by atoms with Crippen LogP contribution in [0.3, 0.4) is 0 Å². The van der Waals surface area contributed by atoms with Crippen molar-refractivity contribution in [3.05, 3.63) is 0 Å². The molecule has 1 atom stereocenters. The predicted molar refractivity (Wildman–Crippen MR) is 47.5 cm³/mol. The summed E-state index contributed by atoms with van der Waals surface area (Å²) in [5.74, 6) is -1.94. The number of aliphatic carboxylic acids is 2. The molecular formula is C9H16O4. The Balaban J connectivity index is 4.43. The van der Waals surface area contributed by atoms with E-state index >= 15 is 0 Å². The predicted octanol–water partition coefficient (Wildman–Crippen LogP) is 1.60. The van der Waals surface area contributed by atoms with E-state index in [0.717, 1.165) is 0 Å². The first-order chi connectivity index (χ1) is 5.80. The highest BCUT2D eigenvalue weighted by atomic mass is 16.4. The first-order valence-electron chi connectivity index (χ1n) is 4.26. The molecular weight excluding hydrogens is 172 g/mol. The van der Waals surface area contributed by atoms with E-state index in [1.165, 1.54) is 0 Å². The van der Waals surface area contributed by atoms with Crippen LogP contribution in [0, 0.1) is 11.3 Å². The van der Waals surface area contributed by atoms with Crippen molar-refractivity contribution >= 4 is 11.9 Å². The minimum atomic E-state index is -0.951. The van der Waals surface area contributed by atoms with Crippen molar-refractivity contribution in [2.75, 3.05) is 0 Å². The Labute approximate surface area is 77.6 Å². The third-order valence-corrected chi connectivity index (χ3v) is 2.62. The number of carboxylic acids is 2. The molecule has 0 rings (SSSR count). The highest BCUT2D eigenvalue weighted by Gasteiger charge is 2.36. The van der Waals surface area contributed by atoms with Crippen LogP contribution in [0.25, 0.3) is 0 Å². The SMILES string of the molecule is CC(C)[C@@](C)(CCC(=O)O)C(=O)O. The van der Waals surface area contributed by atoms with Gasteiger partial charge in [-0.3, -0.25) is 9.59 Å². The molecule has 0 bridgehead atoms. The van der Waals surface area contributed by atoms with Gasteiger partial charge in [-0.2, -0.15) is 0 Å². The minimum Gasteiger partial charge on any atom is -0.481 e. The fourth-order valence-electron chi connectivity index (χ4n) is 1.01. The highest BCUT2D eigenvalue weighted by Crippen LogP contribution is 2.32. The quantitative estimate of drug-likeness (QED) is 0.687. The van der Waals surface area contributed by atoms with E-state index in [4.69, 9.17) is 10.2 Å². The van der Waals surface area contributed by atoms with Crippen molar-refractivity contribution in [2.45, 2.75) is 33.6 Å². The maximum atomic E-state index is 10.9. The number of carboxylic acid groups (broad SMARTS) is 2. The molecule has 0 saturated carbocycles. The number of carbonyl (C=O) groups is 2. The third-order valence-electron chi connectivity index (χ3n) is 2.62. The highest BCUT2D eigenvalue weighted by molar-refractivity contribution is 5.75. The summed E-state index contributed by atoms with van der Waals surface area (Å²) in [4.78, 5) is 21.2. The van der Waals surface area contributed by atoms with Crippen molar-refractivity contribution in [1.82, 2.24) is 0 Å². The molecule has 0 aliphatic rings. The van der Waals surface area contributed by atoms with Crippen molar-refractivity contribution < 1.29 is 19.8 Å². The second-order valence-electron chi connectivity index (χ2n) is 3.77. The van der Waals surface area contributed by atoms with Crippen LogP contribution >= 0.6 is 0 Å². The molecule has 0 heterocycles. The lowest BCUT2D eigenvalue weighted by molar-refractivity contribution is -0.152. The molecule has 0 radical (unpaired) electrons. The molecule has 0 fully saturated rings. The molecule has 0 aromatic carbocycles. The maximum Gasteiger partial charge on any atom is 0.309 e. The number of hydrogen-bond donors (Lipinski definition) is 2. The Morgan fingerprint density at radius 1 is 1.31 bits per heavy atom. The van der Waals surface area contributed by atoms with Gasteiger partial charge in [-0.05, 0) is 19.3 Å². The fourth-order valence-corrected chi connectivity index (χ4v) is 1.01. The van der Waals surface area contributed by atoms with Crippen molar-refractivity contribution in [3.63, 3.8) is 0 Å². The first kappa shape index (κ1) is 11.9. The van der Waals surface area contributed by atoms with Gasteiger partial charge >= 0.3 is 11.9 Å². The van der Waals surface area contributed by atoms with Gasteiger partial charge in [0.15, 0.2) is 0 Å². The molecule has 0 spiro atoms. The average Bonchev–Trinajstić information content (AvgIpc) is 1.99. The zero-order valence-electron chi connectivity index (χ0n) is 8.20. The van der Waals surface area contributed by atoms with E-state index < -0.39 is 17.4 Å². The molecule has 4 heteroatoms. The second kappa shape index (κ2) is 4.25. The van der Waals surface area contributed by atoms with Gasteiger partial charge in [-0.1, -0.05) is 13.8 Å². The average molecular weight is 188 g/mol. The van der Waals surface area contributed by atoms with Crippen molar-refractivity contribution in [1.29, 1.82) is 0 Å². The summed E-state index contributed by atoms with van der Waals surface area (Å²) in [6.45, 7) is 5.16. The smallest absolute Gasteiger partial charge is 0.309 e. The summed E-state index contributed by atoms with van der Waals surface area (Å²) in [7, 11) is 0. The summed E-state index contributed by atoms with van der Waals surface area (Å²) in [5.41, 5.74) is -0.932. The number of rotatable bonds is 5. The topological polar surface area (TPSA) is 74.6 Å². The van der Waals surface area contributed by atoms with Crippen LogP contribution in [0.4, 0.5) is 0 Å². The van der Waals surface area contributed by atoms with Crippen molar-refractivity contribution in [2.24, 2.45) is 11.3 Å². The lowest BCUT2D eigenvalue weighted by Gasteiger charge is -2.28. The Morgan fingerprint density at radius 2 is 1.77 bits per heavy atom. The molecule has 0 aliphatic carbocycles. The van der Waals surface area contributed by atoms with Crippen LogP contribution in [0.2, 0.25) is 0 Å². The monoisotopic (exact) mass is 188 g/mol.